The van der Waals surface area contributed by atoms with Gasteiger partial charge in [0, 0.05) is 5.69 Å². The molecule has 0 aromatic heterocycles. The Balaban J connectivity index is 2.18. The van der Waals surface area contributed by atoms with Gasteiger partial charge in [-0.05, 0) is 44.0 Å². The fourth-order valence-corrected chi connectivity index (χ4v) is 3.66. The van der Waals surface area contributed by atoms with Crippen molar-refractivity contribution in [2.45, 2.75) is 38.7 Å². The van der Waals surface area contributed by atoms with E-state index >= 15 is 0 Å². The molecule has 2 aromatic rings. The first-order valence-corrected chi connectivity index (χ1v) is 10.2. The number of para-hydroxylation sites is 1. The molecule has 0 aliphatic rings. The molecule has 0 aliphatic carbocycles. The number of nitrogens with one attached hydrogen (secondary N) is 1. The molecular weight excluding hydrogens is 366 g/mol. The van der Waals surface area contributed by atoms with Crippen LogP contribution in [-0.4, -0.2) is 32.2 Å². The number of carbonyl (C=O) groups excluding carboxylic acids is 2. The number of aryl methyl sites for hydroxylation is 2. The minimum atomic E-state index is -3.59. The summed E-state index contributed by atoms with van der Waals surface area (Å²) < 4.78 is 29.6. The zero-order valence-corrected chi connectivity index (χ0v) is 16.6. The molecule has 1 amide bonds. The number of ether oxygens (including phenoxy) is 1. The molecule has 0 saturated carbocycles. The van der Waals surface area contributed by atoms with E-state index < -0.39 is 27.8 Å². The van der Waals surface area contributed by atoms with Gasteiger partial charge >= 0.3 is 5.97 Å². The molecule has 144 valence electrons. The van der Waals surface area contributed by atoms with Crippen LogP contribution in [0.15, 0.2) is 47.4 Å². The molecule has 2 aromatic carbocycles. The number of hydrogen-bond donors (Lipinski definition) is 1. The lowest BCUT2D eigenvalue weighted by Crippen LogP contribution is -2.31. The van der Waals surface area contributed by atoms with E-state index in [2.05, 4.69) is 5.32 Å². The third kappa shape index (κ3) is 4.74. The second-order valence-corrected chi connectivity index (χ2v) is 8.45. The number of sulfone groups is 1. The predicted octanol–water partition coefficient (Wildman–Crippen LogP) is 3.28. The van der Waals surface area contributed by atoms with Gasteiger partial charge in [-0.15, -0.1) is 0 Å². The standard InChI is InChI=1S/C20H23NO5S/c1-5-27(24,25)17-12-7-6-11-16(17)20(23)26-15(4)19(22)21-18-13(2)9-8-10-14(18)3/h6-12,15H,5H2,1-4H3,(H,21,22)/t15-/m1/s1. The molecule has 0 heterocycles. The smallest absolute Gasteiger partial charge is 0.340 e. The van der Waals surface area contributed by atoms with E-state index in [0.717, 1.165) is 11.1 Å². The van der Waals surface area contributed by atoms with Gasteiger partial charge in [-0.3, -0.25) is 4.79 Å². The number of hydrogen-bond acceptors (Lipinski definition) is 5. The summed E-state index contributed by atoms with van der Waals surface area (Å²) in [5.74, 6) is -1.48. The fourth-order valence-electron chi connectivity index (χ4n) is 2.58. The Morgan fingerprint density at radius 2 is 1.63 bits per heavy atom. The van der Waals surface area contributed by atoms with Crippen LogP contribution in [0.2, 0.25) is 0 Å². The molecule has 0 fully saturated rings. The van der Waals surface area contributed by atoms with E-state index in [1.165, 1.54) is 32.0 Å². The SMILES string of the molecule is CCS(=O)(=O)c1ccccc1C(=O)O[C@H](C)C(=O)Nc1c(C)cccc1C. The van der Waals surface area contributed by atoms with E-state index in [-0.39, 0.29) is 16.2 Å². The zero-order chi connectivity index (χ0) is 20.2. The van der Waals surface area contributed by atoms with Gasteiger partial charge in [0.2, 0.25) is 0 Å². The maximum atomic E-state index is 12.5. The average molecular weight is 389 g/mol. The minimum absolute atomic E-state index is 0.0777. The molecule has 1 N–H and O–H groups in total. The fraction of sp³-hybridized carbons (Fsp3) is 0.300. The Labute approximate surface area is 159 Å². The van der Waals surface area contributed by atoms with E-state index in [1.807, 2.05) is 32.0 Å². The van der Waals surface area contributed by atoms with E-state index in [4.69, 9.17) is 4.74 Å². The van der Waals surface area contributed by atoms with E-state index in [0.29, 0.717) is 5.69 Å². The zero-order valence-electron chi connectivity index (χ0n) is 15.8. The quantitative estimate of drug-likeness (QED) is 0.766. The van der Waals surface area contributed by atoms with Crippen LogP contribution < -0.4 is 5.32 Å². The van der Waals surface area contributed by atoms with E-state index in [1.54, 1.807) is 6.07 Å². The van der Waals surface area contributed by atoms with Crippen LogP contribution in [-0.2, 0) is 19.4 Å². The number of esters is 1. The Morgan fingerprint density at radius 3 is 2.22 bits per heavy atom. The molecule has 6 nitrogen and oxygen atoms in total. The summed E-state index contributed by atoms with van der Waals surface area (Å²) in [4.78, 5) is 24.8. The molecule has 2 rings (SSSR count). The largest absolute Gasteiger partial charge is 0.449 e. The highest BCUT2D eigenvalue weighted by Gasteiger charge is 2.25. The molecule has 0 saturated heterocycles. The number of carbonyl (C=O) groups is 2. The van der Waals surface area contributed by atoms with Crippen molar-refractivity contribution in [2.75, 3.05) is 11.1 Å². The van der Waals surface area contributed by atoms with Crippen LogP contribution in [0.1, 0.15) is 35.3 Å². The van der Waals surface area contributed by atoms with Crippen LogP contribution in [0.25, 0.3) is 0 Å². The summed E-state index contributed by atoms with van der Waals surface area (Å²) in [5.41, 5.74) is 2.37. The first kappa shape index (κ1) is 20.6. The molecular formula is C20H23NO5S. The Morgan fingerprint density at radius 1 is 1.04 bits per heavy atom. The number of rotatable bonds is 6. The van der Waals surface area contributed by atoms with Gasteiger partial charge in [-0.1, -0.05) is 37.3 Å². The average Bonchev–Trinajstić information content (AvgIpc) is 2.64. The lowest BCUT2D eigenvalue weighted by atomic mass is 10.1. The van der Waals surface area contributed by atoms with Crippen molar-refractivity contribution in [2.24, 2.45) is 0 Å². The van der Waals surface area contributed by atoms with Crippen molar-refractivity contribution in [1.29, 1.82) is 0 Å². The summed E-state index contributed by atoms with van der Waals surface area (Å²) in [6, 6.07) is 11.4. The monoisotopic (exact) mass is 389 g/mol. The van der Waals surface area contributed by atoms with Crippen molar-refractivity contribution in [1.82, 2.24) is 0 Å². The van der Waals surface area contributed by atoms with Crippen LogP contribution in [0.4, 0.5) is 5.69 Å². The summed E-state index contributed by atoms with van der Waals surface area (Å²) in [6.07, 6.45) is -1.09. The molecule has 0 spiro atoms. The van der Waals surface area contributed by atoms with Crippen molar-refractivity contribution in [3.8, 4) is 0 Å². The van der Waals surface area contributed by atoms with Crippen molar-refractivity contribution in [3.63, 3.8) is 0 Å². The van der Waals surface area contributed by atoms with E-state index in [9.17, 15) is 18.0 Å². The lowest BCUT2D eigenvalue weighted by Gasteiger charge is -2.17. The molecule has 0 radical (unpaired) electrons. The van der Waals surface area contributed by atoms with Gasteiger partial charge in [-0.2, -0.15) is 0 Å². The third-order valence-corrected chi connectivity index (χ3v) is 5.99. The highest BCUT2D eigenvalue weighted by molar-refractivity contribution is 7.91. The Kier molecular flexibility index (Phi) is 6.38. The number of amides is 1. The second kappa shape index (κ2) is 8.35. The second-order valence-electron chi connectivity index (χ2n) is 6.20. The predicted molar refractivity (Wildman–Crippen MR) is 104 cm³/mol. The van der Waals surface area contributed by atoms with Crippen molar-refractivity contribution < 1.29 is 22.7 Å². The van der Waals surface area contributed by atoms with Gasteiger partial charge in [0.05, 0.1) is 16.2 Å². The van der Waals surface area contributed by atoms with Crippen LogP contribution in [0.3, 0.4) is 0 Å². The van der Waals surface area contributed by atoms with Crippen molar-refractivity contribution in [3.05, 3.63) is 59.2 Å². The van der Waals surface area contributed by atoms with Gasteiger partial charge in [0.1, 0.15) is 0 Å². The summed E-state index contributed by atoms with van der Waals surface area (Å²) in [6.45, 7) is 6.67. The van der Waals surface area contributed by atoms with Gasteiger partial charge in [0.25, 0.3) is 5.91 Å². The molecule has 0 unspecified atom stereocenters. The van der Waals surface area contributed by atoms with Gasteiger partial charge in [-0.25, -0.2) is 13.2 Å². The molecule has 0 aliphatic heterocycles. The Bertz CT molecular complexity index is 946. The van der Waals surface area contributed by atoms with Gasteiger partial charge < -0.3 is 10.1 Å². The number of anilines is 1. The molecule has 7 heteroatoms. The van der Waals surface area contributed by atoms with Crippen LogP contribution in [0.5, 0.6) is 0 Å². The normalized spacial score (nSPS) is 12.3. The maximum Gasteiger partial charge on any atom is 0.340 e. The van der Waals surface area contributed by atoms with Crippen molar-refractivity contribution >= 4 is 27.4 Å². The Hall–Kier alpha value is -2.67. The van der Waals surface area contributed by atoms with Gasteiger partial charge in [0.15, 0.2) is 15.9 Å². The third-order valence-electron chi connectivity index (χ3n) is 4.20. The highest BCUT2D eigenvalue weighted by Crippen LogP contribution is 2.21. The first-order valence-electron chi connectivity index (χ1n) is 8.57. The summed E-state index contributed by atoms with van der Waals surface area (Å²) in [5, 5.41) is 2.76. The van der Waals surface area contributed by atoms with Crippen LogP contribution in [0, 0.1) is 13.8 Å². The maximum absolute atomic E-state index is 12.5. The highest BCUT2D eigenvalue weighted by atomic mass is 32.2. The first-order chi connectivity index (χ1) is 12.7. The number of benzene rings is 2. The summed E-state index contributed by atoms with van der Waals surface area (Å²) in [7, 11) is -3.59. The summed E-state index contributed by atoms with van der Waals surface area (Å²) >= 11 is 0. The topological polar surface area (TPSA) is 89.5 Å². The lowest BCUT2D eigenvalue weighted by molar-refractivity contribution is -0.123. The van der Waals surface area contributed by atoms with Crippen LogP contribution >= 0.6 is 0 Å². The molecule has 27 heavy (non-hydrogen) atoms. The molecule has 1 atom stereocenters. The minimum Gasteiger partial charge on any atom is -0.449 e. The molecule has 0 bridgehead atoms.